The van der Waals surface area contributed by atoms with Crippen LogP contribution in [0.3, 0.4) is 0 Å². The van der Waals surface area contributed by atoms with E-state index in [-0.39, 0.29) is 24.0 Å². The van der Waals surface area contributed by atoms with Crippen LogP contribution in [0.2, 0.25) is 0 Å². The summed E-state index contributed by atoms with van der Waals surface area (Å²) in [5.74, 6) is -0.529. The number of nitrogens with one attached hydrogen (secondary N) is 1. The summed E-state index contributed by atoms with van der Waals surface area (Å²) in [6.07, 6.45) is 0.367. The van der Waals surface area contributed by atoms with Crippen molar-refractivity contribution in [1.29, 1.82) is 0 Å². The fourth-order valence-electron chi connectivity index (χ4n) is 1.62. The maximum Gasteiger partial charge on any atom is 0.243 e. The lowest BCUT2D eigenvalue weighted by molar-refractivity contribution is -0.140. The van der Waals surface area contributed by atoms with Crippen LogP contribution in [0.25, 0.3) is 0 Å². The lowest BCUT2D eigenvalue weighted by atomic mass is 10.1. The number of Topliss-reactive ketones (excluding diaryl/α,β-unsaturated/α-hetero) is 1. The fraction of sp³-hybridized carbons (Fsp3) is 0.800. The molecule has 124 valence electrons. The quantitative estimate of drug-likeness (QED) is 0.723. The lowest BCUT2D eigenvalue weighted by Gasteiger charge is -2.26. The second-order valence-electron chi connectivity index (χ2n) is 4.87. The summed E-state index contributed by atoms with van der Waals surface area (Å²) >= 11 is 0. The first kappa shape index (κ1) is 21.9. The molecule has 1 N–H and O–H groups in total. The van der Waals surface area contributed by atoms with Gasteiger partial charge < -0.3 is 15.1 Å². The van der Waals surface area contributed by atoms with Crippen molar-refractivity contribution < 1.29 is 14.4 Å². The molecule has 0 fully saturated rings. The largest absolute Gasteiger partial charge is 0.353 e. The van der Waals surface area contributed by atoms with E-state index in [0.29, 0.717) is 19.5 Å². The van der Waals surface area contributed by atoms with Crippen molar-refractivity contribution in [1.82, 2.24) is 15.1 Å². The molecule has 21 heavy (non-hydrogen) atoms. The maximum atomic E-state index is 12.0. The Morgan fingerprint density at radius 1 is 1.10 bits per heavy atom. The molecule has 0 aromatic carbocycles. The van der Waals surface area contributed by atoms with E-state index in [1.54, 1.807) is 14.0 Å². The van der Waals surface area contributed by atoms with Crippen molar-refractivity contribution >= 4 is 17.6 Å². The average molecular weight is 301 g/mol. The summed E-state index contributed by atoms with van der Waals surface area (Å²) in [6.45, 7) is 8.36. The van der Waals surface area contributed by atoms with Crippen LogP contribution in [-0.2, 0) is 14.4 Å². The second kappa shape index (κ2) is 12.3. The van der Waals surface area contributed by atoms with Gasteiger partial charge in [-0.05, 0) is 21.0 Å². The third kappa shape index (κ3) is 10.0. The number of carbonyl (C=O) groups excluding carboxylic acids is 3. The van der Waals surface area contributed by atoms with Gasteiger partial charge in [0.25, 0.3) is 0 Å². The Morgan fingerprint density at radius 3 is 2.00 bits per heavy atom. The molecule has 6 nitrogen and oxygen atoms in total. The zero-order valence-corrected chi connectivity index (χ0v) is 14.5. The minimum Gasteiger partial charge on any atom is -0.353 e. The van der Waals surface area contributed by atoms with E-state index in [1.807, 2.05) is 32.8 Å². The second-order valence-corrected chi connectivity index (χ2v) is 4.87. The summed E-state index contributed by atoms with van der Waals surface area (Å²) < 4.78 is 0. The predicted molar refractivity (Wildman–Crippen MR) is 85.1 cm³/mol. The SMILES string of the molecule is CC.CCC(=O)N(C)[C@@H](CC(C)=O)C(=O)NCCN(C)C. The molecule has 0 bridgehead atoms. The monoisotopic (exact) mass is 301 g/mol. The van der Waals surface area contributed by atoms with Crippen LogP contribution in [0, 0.1) is 0 Å². The Labute approximate surface area is 128 Å². The van der Waals surface area contributed by atoms with Gasteiger partial charge in [0.2, 0.25) is 11.8 Å². The molecule has 0 rings (SSSR count). The fourth-order valence-corrected chi connectivity index (χ4v) is 1.62. The lowest BCUT2D eigenvalue weighted by Crippen LogP contribution is -2.49. The van der Waals surface area contributed by atoms with Crippen LogP contribution < -0.4 is 5.32 Å². The van der Waals surface area contributed by atoms with Gasteiger partial charge in [0.15, 0.2) is 0 Å². The molecule has 1 atom stereocenters. The van der Waals surface area contributed by atoms with Gasteiger partial charge in [-0.25, -0.2) is 0 Å². The van der Waals surface area contributed by atoms with E-state index < -0.39 is 6.04 Å². The summed E-state index contributed by atoms with van der Waals surface area (Å²) in [4.78, 5) is 38.2. The van der Waals surface area contributed by atoms with Crippen LogP contribution in [-0.4, -0.2) is 67.7 Å². The zero-order chi connectivity index (χ0) is 17.0. The van der Waals surface area contributed by atoms with E-state index >= 15 is 0 Å². The van der Waals surface area contributed by atoms with Crippen molar-refractivity contribution in [2.24, 2.45) is 0 Å². The number of likely N-dealkylation sites (N-methyl/N-ethyl adjacent to an activating group) is 2. The van der Waals surface area contributed by atoms with Crippen molar-refractivity contribution in [3.8, 4) is 0 Å². The molecule has 2 amide bonds. The highest BCUT2D eigenvalue weighted by molar-refractivity contribution is 5.91. The summed E-state index contributed by atoms with van der Waals surface area (Å²) in [5.41, 5.74) is 0. The number of hydrogen-bond donors (Lipinski definition) is 1. The molecule has 0 unspecified atom stereocenters. The maximum absolute atomic E-state index is 12.0. The number of ketones is 1. The molecule has 0 heterocycles. The molecular formula is C15H31N3O3. The van der Waals surface area contributed by atoms with Crippen molar-refractivity contribution in [2.75, 3.05) is 34.2 Å². The van der Waals surface area contributed by atoms with E-state index in [2.05, 4.69) is 5.32 Å². The predicted octanol–water partition coefficient (Wildman–Crippen LogP) is 0.907. The van der Waals surface area contributed by atoms with E-state index in [0.717, 1.165) is 0 Å². The first-order valence-corrected chi connectivity index (χ1v) is 7.47. The highest BCUT2D eigenvalue weighted by Gasteiger charge is 2.27. The average Bonchev–Trinajstić information content (AvgIpc) is 2.44. The molecule has 0 saturated heterocycles. The third-order valence-electron chi connectivity index (χ3n) is 2.81. The molecule has 0 radical (unpaired) electrons. The van der Waals surface area contributed by atoms with Crippen LogP contribution in [0.4, 0.5) is 0 Å². The van der Waals surface area contributed by atoms with Crippen molar-refractivity contribution in [2.45, 2.75) is 46.6 Å². The van der Waals surface area contributed by atoms with Crippen LogP contribution in [0.15, 0.2) is 0 Å². The summed E-state index contributed by atoms with van der Waals surface area (Å²) in [7, 11) is 5.38. The Morgan fingerprint density at radius 2 is 1.62 bits per heavy atom. The Balaban J connectivity index is 0. The Hall–Kier alpha value is -1.43. The van der Waals surface area contributed by atoms with E-state index in [1.165, 1.54) is 11.8 Å². The van der Waals surface area contributed by atoms with Gasteiger partial charge in [0.05, 0.1) is 0 Å². The molecule has 6 heteroatoms. The number of amides is 2. The van der Waals surface area contributed by atoms with Crippen LogP contribution >= 0.6 is 0 Å². The van der Waals surface area contributed by atoms with E-state index in [4.69, 9.17) is 0 Å². The zero-order valence-electron chi connectivity index (χ0n) is 14.5. The van der Waals surface area contributed by atoms with Crippen LogP contribution in [0.1, 0.15) is 40.5 Å². The van der Waals surface area contributed by atoms with Crippen LogP contribution in [0.5, 0.6) is 0 Å². The van der Waals surface area contributed by atoms with Crippen molar-refractivity contribution in [3.05, 3.63) is 0 Å². The molecular weight excluding hydrogens is 270 g/mol. The highest BCUT2D eigenvalue weighted by Crippen LogP contribution is 2.05. The molecule has 0 aromatic rings. The van der Waals surface area contributed by atoms with Gasteiger partial charge in [0.1, 0.15) is 11.8 Å². The molecule has 0 aliphatic heterocycles. The number of hydrogen-bond acceptors (Lipinski definition) is 4. The molecule has 0 saturated carbocycles. The first-order valence-electron chi connectivity index (χ1n) is 7.47. The highest BCUT2D eigenvalue weighted by atomic mass is 16.2. The minimum atomic E-state index is -0.716. The first-order chi connectivity index (χ1) is 9.79. The normalized spacial score (nSPS) is 11.2. The van der Waals surface area contributed by atoms with Gasteiger partial charge >= 0.3 is 0 Å². The molecule has 0 aliphatic carbocycles. The number of carbonyl (C=O) groups is 3. The summed E-state index contributed by atoms with van der Waals surface area (Å²) in [5, 5.41) is 2.75. The molecule has 0 spiro atoms. The molecule has 0 aliphatic rings. The summed E-state index contributed by atoms with van der Waals surface area (Å²) in [6, 6.07) is -0.716. The minimum absolute atomic E-state index is 0.0516. The van der Waals surface area contributed by atoms with Gasteiger partial charge in [-0.1, -0.05) is 20.8 Å². The number of nitrogens with zero attached hydrogens (tertiary/aromatic N) is 2. The molecule has 0 aromatic heterocycles. The Kier molecular flexibility index (Phi) is 12.8. The van der Waals surface area contributed by atoms with Crippen molar-refractivity contribution in [3.63, 3.8) is 0 Å². The van der Waals surface area contributed by atoms with Gasteiger partial charge in [-0.15, -0.1) is 0 Å². The standard InChI is InChI=1S/C13H25N3O3.C2H6/c1-6-12(18)16(5)11(9-10(2)17)13(19)14-7-8-15(3)4;1-2/h11H,6-9H2,1-5H3,(H,14,19);1-2H3/t11-;/m0./s1. The van der Waals surface area contributed by atoms with Gasteiger partial charge in [-0.2, -0.15) is 0 Å². The third-order valence-corrected chi connectivity index (χ3v) is 2.81. The number of rotatable bonds is 8. The smallest absolute Gasteiger partial charge is 0.243 e. The van der Waals surface area contributed by atoms with Gasteiger partial charge in [-0.3, -0.25) is 14.4 Å². The van der Waals surface area contributed by atoms with Gasteiger partial charge in [0, 0.05) is 33.0 Å². The Bertz CT molecular complexity index is 330. The topological polar surface area (TPSA) is 69.7 Å². The van der Waals surface area contributed by atoms with E-state index in [9.17, 15) is 14.4 Å².